The molecule has 0 atom stereocenters. The molecule has 2 aromatic rings. The summed E-state index contributed by atoms with van der Waals surface area (Å²) in [6.07, 6.45) is 10.9. The molecule has 0 spiro atoms. The molecule has 1 saturated heterocycles. The van der Waals surface area contributed by atoms with Crippen molar-refractivity contribution in [2.75, 3.05) is 49.8 Å². The summed E-state index contributed by atoms with van der Waals surface area (Å²) in [5, 5.41) is 8.98. The molecule has 0 unspecified atom stereocenters. The summed E-state index contributed by atoms with van der Waals surface area (Å²) in [5.41, 5.74) is 3.33. The summed E-state index contributed by atoms with van der Waals surface area (Å²) in [4.78, 5) is 15.3. The minimum Gasteiger partial charge on any atom is -0.372 e. The molecule has 0 radical (unpaired) electrons. The predicted molar refractivity (Wildman–Crippen MR) is 145 cm³/mol. The van der Waals surface area contributed by atoms with Crippen LogP contribution in [0.2, 0.25) is 0 Å². The molecule has 2 heterocycles. The highest BCUT2D eigenvalue weighted by atomic mass is 32.1. The van der Waals surface area contributed by atoms with Crippen LogP contribution in [0.4, 0.5) is 17.1 Å². The molecular weight excluding hydrogens is 428 g/mol. The molecular formula is C26H38N6S. The molecule has 1 aromatic carbocycles. The highest BCUT2D eigenvalue weighted by molar-refractivity contribution is 7.12. The molecule has 2 N–H and O–H groups in total. The van der Waals surface area contributed by atoms with Crippen molar-refractivity contribution >= 4 is 40.6 Å². The maximum absolute atomic E-state index is 4.85. The van der Waals surface area contributed by atoms with E-state index in [1.54, 1.807) is 18.4 Å². The van der Waals surface area contributed by atoms with Crippen molar-refractivity contribution in [3.63, 3.8) is 0 Å². The largest absolute Gasteiger partial charge is 0.372 e. The number of benzene rings is 1. The lowest BCUT2D eigenvalue weighted by atomic mass is 9.96. The van der Waals surface area contributed by atoms with Crippen LogP contribution in [0.25, 0.3) is 0 Å². The topological polar surface area (TPSA) is 55.3 Å². The summed E-state index contributed by atoms with van der Waals surface area (Å²) in [6, 6.07) is 11.8. The van der Waals surface area contributed by atoms with Gasteiger partial charge in [-0.3, -0.25) is 9.98 Å². The molecule has 0 amide bonds. The van der Waals surface area contributed by atoms with Crippen LogP contribution in [0.5, 0.6) is 0 Å². The molecule has 4 rings (SSSR count). The van der Waals surface area contributed by atoms with Gasteiger partial charge in [-0.15, -0.1) is 11.3 Å². The van der Waals surface area contributed by atoms with Gasteiger partial charge in [-0.25, -0.2) is 0 Å². The lowest BCUT2D eigenvalue weighted by Gasteiger charge is -2.36. The van der Waals surface area contributed by atoms with Gasteiger partial charge in [0.15, 0.2) is 5.96 Å². The number of nitrogens with one attached hydrogen (secondary N) is 2. The minimum atomic E-state index is 0.484. The Morgan fingerprint density at radius 2 is 1.76 bits per heavy atom. The quantitative estimate of drug-likeness (QED) is 0.433. The zero-order valence-corrected chi connectivity index (χ0v) is 21.1. The van der Waals surface area contributed by atoms with Crippen LogP contribution in [-0.2, 0) is 0 Å². The van der Waals surface area contributed by atoms with Gasteiger partial charge in [-0.05, 0) is 81.5 Å². The number of piperidine rings is 1. The Labute approximate surface area is 202 Å². The number of rotatable bonds is 6. The van der Waals surface area contributed by atoms with Crippen LogP contribution in [0.15, 0.2) is 45.7 Å². The van der Waals surface area contributed by atoms with Crippen molar-refractivity contribution in [1.29, 1.82) is 0 Å². The smallest absolute Gasteiger partial charge is 0.200 e. The Morgan fingerprint density at radius 3 is 2.45 bits per heavy atom. The van der Waals surface area contributed by atoms with Gasteiger partial charge in [0.2, 0.25) is 0 Å². The SMILES string of the molecule is CN=C(Nc1ccc(N(C)C2CCN(C)CC2)cc1)Nc1ccsc1C=NC1CCCCC1. The van der Waals surface area contributed by atoms with Crippen LogP contribution in [0, 0.1) is 0 Å². The summed E-state index contributed by atoms with van der Waals surface area (Å²) >= 11 is 1.71. The number of guanidine groups is 1. The van der Waals surface area contributed by atoms with E-state index in [2.05, 4.69) is 75.2 Å². The number of aliphatic imine (C=N–C) groups is 2. The first kappa shape index (κ1) is 23.8. The highest BCUT2D eigenvalue weighted by Gasteiger charge is 2.20. The molecule has 1 saturated carbocycles. The van der Waals surface area contributed by atoms with Gasteiger partial charge in [0.1, 0.15) is 0 Å². The molecule has 178 valence electrons. The van der Waals surface area contributed by atoms with E-state index in [-0.39, 0.29) is 0 Å². The van der Waals surface area contributed by atoms with E-state index in [0.29, 0.717) is 12.1 Å². The van der Waals surface area contributed by atoms with Crippen molar-refractivity contribution < 1.29 is 0 Å². The second-order valence-corrected chi connectivity index (χ2v) is 10.2. The Morgan fingerprint density at radius 1 is 1.03 bits per heavy atom. The number of anilines is 3. The lowest BCUT2D eigenvalue weighted by Crippen LogP contribution is -2.41. The number of likely N-dealkylation sites (tertiary alicyclic amines) is 1. The first-order chi connectivity index (χ1) is 16.1. The second-order valence-electron chi connectivity index (χ2n) is 9.28. The molecule has 33 heavy (non-hydrogen) atoms. The fourth-order valence-electron chi connectivity index (χ4n) is 4.71. The molecule has 1 aromatic heterocycles. The molecule has 1 aliphatic carbocycles. The normalized spacial score (nSPS) is 19.2. The lowest BCUT2D eigenvalue weighted by molar-refractivity contribution is 0.253. The Bertz CT molecular complexity index is 921. The zero-order chi connectivity index (χ0) is 23.0. The fourth-order valence-corrected chi connectivity index (χ4v) is 5.43. The average Bonchev–Trinajstić information content (AvgIpc) is 3.30. The van der Waals surface area contributed by atoms with Crippen LogP contribution < -0.4 is 15.5 Å². The maximum atomic E-state index is 4.85. The van der Waals surface area contributed by atoms with E-state index < -0.39 is 0 Å². The van der Waals surface area contributed by atoms with E-state index in [9.17, 15) is 0 Å². The maximum Gasteiger partial charge on any atom is 0.200 e. The number of hydrogen-bond donors (Lipinski definition) is 2. The third-order valence-corrected chi connectivity index (χ3v) is 7.77. The average molecular weight is 467 g/mol. The van der Waals surface area contributed by atoms with Crippen molar-refractivity contribution in [3.8, 4) is 0 Å². The molecule has 2 fully saturated rings. The molecule has 1 aliphatic heterocycles. The van der Waals surface area contributed by atoms with E-state index in [4.69, 9.17) is 4.99 Å². The van der Waals surface area contributed by atoms with Crippen LogP contribution in [0.3, 0.4) is 0 Å². The zero-order valence-electron chi connectivity index (χ0n) is 20.3. The first-order valence-electron chi connectivity index (χ1n) is 12.3. The third kappa shape index (κ3) is 6.58. The number of nitrogens with zero attached hydrogens (tertiary/aromatic N) is 4. The fraction of sp³-hybridized carbons (Fsp3) is 0.538. The standard InChI is InChI=1S/C26H38N6S/c1-27-26(30-24-15-18-33-25(24)19-28-20-7-5-4-6-8-20)29-21-9-11-22(12-10-21)32(3)23-13-16-31(2)17-14-23/h9-12,15,18-20,23H,4-8,13-14,16-17H2,1-3H3,(H2,27,29,30). The summed E-state index contributed by atoms with van der Waals surface area (Å²) in [5.74, 6) is 0.733. The van der Waals surface area contributed by atoms with Gasteiger partial charge in [-0.1, -0.05) is 19.3 Å². The van der Waals surface area contributed by atoms with Crippen LogP contribution >= 0.6 is 11.3 Å². The van der Waals surface area contributed by atoms with Gasteiger partial charge < -0.3 is 20.4 Å². The highest BCUT2D eigenvalue weighted by Crippen LogP contribution is 2.25. The van der Waals surface area contributed by atoms with Gasteiger partial charge in [0.25, 0.3) is 0 Å². The number of thiophene rings is 1. The summed E-state index contributed by atoms with van der Waals surface area (Å²) in [7, 11) is 6.23. The van der Waals surface area contributed by atoms with Crippen molar-refractivity contribution in [1.82, 2.24) is 4.90 Å². The van der Waals surface area contributed by atoms with Crippen LogP contribution in [-0.4, -0.2) is 63.4 Å². The Balaban J connectivity index is 1.34. The Kier molecular flexibility index (Phi) is 8.40. The van der Waals surface area contributed by atoms with Gasteiger partial charge in [-0.2, -0.15) is 0 Å². The van der Waals surface area contributed by atoms with E-state index in [0.717, 1.165) is 22.2 Å². The minimum absolute atomic E-state index is 0.484. The first-order valence-corrected chi connectivity index (χ1v) is 13.1. The summed E-state index contributed by atoms with van der Waals surface area (Å²) in [6.45, 7) is 2.35. The van der Waals surface area contributed by atoms with Crippen molar-refractivity contribution in [3.05, 3.63) is 40.6 Å². The van der Waals surface area contributed by atoms with Crippen LogP contribution in [0.1, 0.15) is 49.8 Å². The molecule has 2 aliphatic rings. The number of hydrogen-bond acceptors (Lipinski definition) is 5. The third-order valence-electron chi connectivity index (χ3n) is 6.92. The van der Waals surface area contributed by atoms with E-state index >= 15 is 0 Å². The van der Waals surface area contributed by atoms with E-state index in [1.807, 2.05) is 6.21 Å². The van der Waals surface area contributed by atoms with Gasteiger partial charge >= 0.3 is 0 Å². The predicted octanol–water partition coefficient (Wildman–Crippen LogP) is 5.54. The van der Waals surface area contributed by atoms with Gasteiger partial charge in [0, 0.05) is 43.8 Å². The Hall–Kier alpha value is -2.38. The molecule has 6 nitrogen and oxygen atoms in total. The van der Waals surface area contributed by atoms with Gasteiger partial charge in [0.05, 0.1) is 10.6 Å². The molecule has 7 heteroatoms. The van der Waals surface area contributed by atoms with E-state index in [1.165, 1.54) is 63.7 Å². The van der Waals surface area contributed by atoms with Crippen molar-refractivity contribution in [2.24, 2.45) is 9.98 Å². The second kappa shape index (κ2) is 11.7. The monoisotopic (exact) mass is 466 g/mol. The summed E-state index contributed by atoms with van der Waals surface area (Å²) < 4.78 is 0. The van der Waals surface area contributed by atoms with Crippen molar-refractivity contribution in [2.45, 2.75) is 57.0 Å². The molecule has 0 bridgehead atoms.